The van der Waals surface area contributed by atoms with Crippen LogP contribution in [0, 0.1) is 10.1 Å². The molecule has 0 aliphatic heterocycles. The third-order valence-electron chi connectivity index (χ3n) is 4.60. The van der Waals surface area contributed by atoms with Crippen molar-refractivity contribution in [2.24, 2.45) is 0 Å². The second-order valence-corrected chi connectivity index (χ2v) is 7.26. The number of nitrogens with zero attached hydrogens (tertiary/aromatic N) is 4. The monoisotopic (exact) mass is 398 g/mol. The van der Waals surface area contributed by atoms with Crippen molar-refractivity contribution in [2.75, 3.05) is 31.1 Å². The Labute approximate surface area is 167 Å². The van der Waals surface area contributed by atoms with Crippen molar-refractivity contribution in [1.29, 1.82) is 0 Å². The molecule has 0 aliphatic rings. The quantitative estimate of drug-likeness (QED) is 0.420. The summed E-state index contributed by atoms with van der Waals surface area (Å²) in [6.07, 6.45) is 0. The second kappa shape index (κ2) is 8.90. The zero-order chi connectivity index (χ0) is 20.1. The number of nitro benzene ring substituents is 1. The van der Waals surface area contributed by atoms with Gasteiger partial charge in [0, 0.05) is 30.8 Å². The first-order valence-electron chi connectivity index (χ1n) is 9.17. The maximum atomic E-state index is 13.2. The van der Waals surface area contributed by atoms with E-state index >= 15 is 0 Å². The number of carbonyl (C=O) groups excluding carboxylic acids is 1. The van der Waals surface area contributed by atoms with Gasteiger partial charge in [-0.1, -0.05) is 43.4 Å². The average molecular weight is 398 g/mol. The largest absolute Gasteiger partial charge is 0.302 e. The minimum absolute atomic E-state index is 0.0983. The summed E-state index contributed by atoms with van der Waals surface area (Å²) < 4.78 is 0.997. The van der Waals surface area contributed by atoms with Crippen molar-refractivity contribution in [1.82, 2.24) is 9.88 Å². The molecule has 1 aromatic heterocycles. The highest BCUT2D eigenvalue weighted by molar-refractivity contribution is 7.22. The van der Waals surface area contributed by atoms with Crippen LogP contribution in [0.2, 0.25) is 0 Å². The maximum Gasteiger partial charge on any atom is 0.270 e. The fourth-order valence-electron chi connectivity index (χ4n) is 2.95. The van der Waals surface area contributed by atoms with Crippen LogP contribution in [0.5, 0.6) is 0 Å². The molecule has 146 valence electrons. The van der Waals surface area contributed by atoms with Gasteiger partial charge in [-0.05, 0) is 31.3 Å². The number of amides is 1. The molecule has 0 saturated carbocycles. The molecule has 0 aliphatic carbocycles. The van der Waals surface area contributed by atoms with Crippen LogP contribution in [0.3, 0.4) is 0 Å². The normalized spacial score (nSPS) is 11.1. The van der Waals surface area contributed by atoms with Crippen molar-refractivity contribution in [2.45, 2.75) is 13.8 Å². The molecule has 0 fully saturated rings. The van der Waals surface area contributed by atoms with E-state index in [4.69, 9.17) is 0 Å². The number of likely N-dealkylation sites (N-methyl/N-ethyl adjacent to an activating group) is 1. The molecule has 1 heterocycles. The number of aromatic nitrogens is 1. The van der Waals surface area contributed by atoms with E-state index in [9.17, 15) is 14.9 Å². The molecular formula is C20H22N4O3S. The van der Waals surface area contributed by atoms with Crippen molar-refractivity contribution in [3.8, 4) is 0 Å². The Balaban J connectivity index is 1.96. The number of para-hydroxylation sites is 1. The second-order valence-electron chi connectivity index (χ2n) is 6.26. The number of hydrogen-bond acceptors (Lipinski definition) is 6. The molecule has 28 heavy (non-hydrogen) atoms. The number of rotatable bonds is 8. The lowest BCUT2D eigenvalue weighted by Gasteiger charge is -2.24. The third kappa shape index (κ3) is 4.35. The number of fused-ring (bicyclic) bond motifs is 1. The van der Waals surface area contributed by atoms with E-state index in [1.807, 2.05) is 24.3 Å². The minimum atomic E-state index is -0.491. The van der Waals surface area contributed by atoms with Crippen LogP contribution in [-0.2, 0) is 0 Å². The van der Waals surface area contributed by atoms with Crippen LogP contribution in [-0.4, -0.2) is 46.9 Å². The third-order valence-corrected chi connectivity index (χ3v) is 5.66. The minimum Gasteiger partial charge on any atom is -0.302 e. The van der Waals surface area contributed by atoms with Crippen LogP contribution in [0.25, 0.3) is 10.2 Å². The molecule has 8 heteroatoms. The lowest BCUT2D eigenvalue weighted by atomic mass is 10.2. The van der Waals surface area contributed by atoms with Crippen LogP contribution < -0.4 is 4.90 Å². The van der Waals surface area contributed by atoms with Crippen LogP contribution >= 0.6 is 11.3 Å². The first-order valence-corrected chi connectivity index (χ1v) is 9.99. The van der Waals surface area contributed by atoms with E-state index in [1.54, 1.807) is 11.0 Å². The number of nitro groups is 1. The summed E-state index contributed by atoms with van der Waals surface area (Å²) in [6, 6.07) is 13.6. The summed E-state index contributed by atoms with van der Waals surface area (Å²) in [6.45, 7) is 7.08. The summed E-state index contributed by atoms with van der Waals surface area (Å²) in [4.78, 5) is 32.3. The van der Waals surface area contributed by atoms with Gasteiger partial charge in [-0.25, -0.2) is 4.98 Å². The standard InChI is InChI=1S/C20H22N4O3S/c1-3-22(4-2)12-13-23(20-21-17-10-5-6-11-18(17)28-20)19(25)15-8-7-9-16(14-15)24(26)27/h5-11,14H,3-4,12-13H2,1-2H3. The fourth-order valence-corrected chi connectivity index (χ4v) is 3.94. The first kappa shape index (κ1) is 19.9. The van der Waals surface area contributed by atoms with Crippen molar-refractivity contribution < 1.29 is 9.72 Å². The Hall–Kier alpha value is -2.84. The molecule has 0 N–H and O–H groups in total. The fraction of sp³-hybridized carbons (Fsp3) is 0.300. The lowest BCUT2D eigenvalue weighted by Crippen LogP contribution is -2.38. The van der Waals surface area contributed by atoms with Crippen molar-refractivity contribution >= 4 is 38.3 Å². The summed E-state index contributed by atoms with van der Waals surface area (Å²) in [5.41, 5.74) is 1.02. The van der Waals surface area contributed by atoms with Gasteiger partial charge in [0.2, 0.25) is 0 Å². The van der Waals surface area contributed by atoms with E-state index in [1.165, 1.54) is 29.5 Å². The summed E-state index contributed by atoms with van der Waals surface area (Å²) in [5.74, 6) is -0.282. The molecule has 0 spiro atoms. The smallest absolute Gasteiger partial charge is 0.270 e. The van der Waals surface area contributed by atoms with Crippen LogP contribution in [0.1, 0.15) is 24.2 Å². The SMILES string of the molecule is CCN(CC)CCN(C(=O)c1cccc([N+](=O)[O-])c1)c1nc2ccccc2s1. The Morgan fingerprint density at radius 2 is 1.86 bits per heavy atom. The van der Waals surface area contributed by atoms with Gasteiger partial charge < -0.3 is 4.90 Å². The van der Waals surface area contributed by atoms with Gasteiger partial charge >= 0.3 is 0 Å². The Morgan fingerprint density at radius 3 is 2.54 bits per heavy atom. The van der Waals surface area contributed by atoms with Crippen molar-refractivity contribution in [3.63, 3.8) is 0 Å². The molecule has 3 aromatic rings. The molecule has 2 aromatic carbocycles. The molecule has 0 bridgehead atoms. The number of hydrogen-bond donors (Lipinski definition) is 0. The van der Waals surface area contributed by atoms with Gasteiger partial charge in [0.25, 0.3) is 11.6 Å². The zero-order valence-electron chi connectivity index (χ0n) is 15.9. The Kier molecular flexibility index (Phi) is 6.33. The van der Waals surface area contributed by atoms with Gasteiger partial charge in [0.05, 0.1) is 15.1 Å². The number of anilines is 1. The molecule has 0 atom stereocenters. The van der Waals surface area contributed by atoms with E-state index in [2.05, 4.69) is 23.7 Å². The summed E-state index contributed by atoms with van der Waals surface area (Å²) >= 11 is 1.45. The molecule has 7 nitrogen and oxygen atoms in total. The van der Waals surface area contributed by atoms with Gasteiger partial charge in [0.15, 0.2) is 5.13 Å². The van der Waals surface area contributed by atoms with Gasteiger partial charge in [-0.3, -0.25) is 19.8 Å². The highest BCUT2D eigenvalue weighted by Crippen LogP contribution is 2.30. The van der Waals surface area contributed by atoms with E-state index in [0.29, 0.717) is 18.2 Å². The lowest BCUT2D eigenvalue weighted by molar-refractivity contribution is -0.384. The number of benzene rings is 2. The van der Waals surface area contributed by atoms with E-state index < -0.39 is 4.92 Å². The number of thiazole rings is 1. The van der Waals surface area contributed by atoms with Gasteiger partial charge in [0.1, 0.15) is 0 Å². The molecule has 1 amide bonds. The Bertz CT molecular complexity index is 951. The predicted molar refractivity (Wildman–Crippen MR) is 112 cm³/mol. The predicted octanol–water partition coefficient (Wildman–Crippen LogP) is 4.19. The molecule has 0 saturated heterocycles. The van der Waals surface area contributed by atoms with E-state index in [0.717, 1.165) is 23.3 Å². The maximum absolute atomic E-state index is 13.2. The summed E-state index contributed by atoms with van der Waals surface area (Å²) in [5, 5.41) is 11.7. The molecule has 3 rings (SSSR count). The van der Waals surface area contributed by atoms with Gasteiger partial charge in [-0.2, -0.15) is 0 Å². The molecule has 0 unspecified atom stereocenters. The number of carbonyl (C=O) groups is 1. The molecular weight excluding hydrogens is 376 g/mol. The number of non-ortho nitro benzene ring substituents is 1. The molecule has 0 radical (unpaired) electrons. The topological polar surface area (TPSA) is 79.6 Å². The zero-order valence-corrected chi connectivity index (χ0v) is 16.7. The first-order chi connectivity index (χ1) is 13.5. The summed E-state index contributed by atoms with van der Waals surface area (Å²) in [7, 11) is 0. The highest BCUT2D eigenvalue weighted by Gasteiger charge is 2.23. The highest BCUT2D eigenvalue weighted by atomic mass is 32.1. The van der Waals surface area contributed by atoms with Crippen molar-refractivity contribution in [3.05, 3.63) is 64.2 Å². The van der Waals surface area contributed by atoms with E-state index in [-0.39, 0.29) is 17.2 Å². The van der Waals surface area contributed by atoms with Crippen LogP contribution in [0.15, 0.2) is 48.5 Å². The average Bonchev–Trinajstić information content (AvgIpc) is 3.14. The van der Waals surface area contributed by atoms with Crippen LogP contribution in [0.4, 0.5) is 10.8 Å². The van der Waals surface area contributed by atoms with Gasteiger partial charge in [-0.15, -0.1) is 0 Å². The Morgan fingerprint density at radius 1 is 1.11 bits per heavy atom.